The summed E-state index contributed by atoms with van der Waals surface area (Å²) in [7, 11) is 0. The van der Waals surface area contributed by atoms with Gasteiger partial charge < -0.3 is 9.47 Å². The quantitative estimate of drug-likeness (QED) is 0.818. The van der Waals surface area contributed by atoms with Gasteiger partial charge in [-0.2, -0.15) is 5.26 Å². The average molecular weight is 261 g/mol. The van der Waals surface area contributed by atoms with E-state index in [-0.39, 0.29) is 23.6 Å². The van der Waals surface area contributed by atoms with Crippen LogP contribution in [0.2, 0.25) is 0 Å². The van der Waals surface area contributed by atoms with Crippen LogP contribution in [0.25, 0.3) is 0 Å². The number of pyridine rings is 1. The Hall–Kier alpha value is -2.09. The number of carbonyl (C=O) groups excluding carboxylic acids is 1. The van der Waals surface area contributed by atoms with E-state index in [0.29, 0.717) is 24.3 Å². The maximum absolute atomic E-state index is 12.1. The summed E-state index contributed by atoms with van der Waals surface area (Å²) in [6.07, 6.45) is 0. The van der Waals surface area contributed by atoms with E-state index in [2.05, 4.69) is 0 Å². The molecular weight excluding hydrogens is 242 g/mol. The number of likely N-dealkylation sites (N-methyl/N-ethyl adjacent to an activating group) is 1. The fourth-order valence-electron chi connectivity index (χ4n) is 2.07. The zero-order valence-electron chi connectivity index (χ0n) is 11.9. The van der Waals surface area contributed by atoms with Gasteiger partial charge in [0.15, 0.2) is 0 Å². The molecule has 0 bridgehead atoms. The first kappa shape index (κ1) is 15.0. The van der Waals surface area contributed by atoms with Gasteiger partial charge in [-0.05, 0) is 39.3 Å². The van der Waals surface area contributed by atoms with Crippen molar-refractivity contribution in [2.75, 3.05) is 13.1 Å². The summed E-state index contributed by atoms with van der Waals surface area (Å²) in [4.78, 5) is 25.9. The van der Waals surface area contributed by atoms with E-state index in [0.717, 1.165) is 0 Å². The monoisotopic (exact) mass is 261 g/mol. The van der Waals surface area contributed by atoms with E-state index in [4.69, 9.17) is 5.26 Å². The lowest BCUT2D eigenvalue weighted by Gasteiger charge is -2.20. The molecule has 0 fully saturated rings. The van der Waals surface area contributed by atoms with Gasteiger partial charge in [0.25, 0.3) is 5.56 Å². The van der Waals surface area contributed by atoms with Gasteiger partial charge in [0.2, 0.25) is 5.91 Å². The van der Waals surface area contributed by atoms with Crippen LogP contribution in [0.1, 0.15) is 30.7 Å². The molecule has 0 saturated carbocycles. The van der Waals surface area contributed by atoms with Crippen molar-refractivity contribution >= 4 is 5.91 Å². The summed E-state index contributed by atoms with van der Waals surface area (Å²) in [6.45, 7) is 8.50. The van der Waals surface area contributed by atoms with Gasteiger partial charge in [0, 0.05) is 18.8 Å². The Morgan fingerprint density at radius 2 is 1.95 bits per heavy atom. The minimum atomic E-state index is -0.388. The second kappa shape index (κ2) is 6.19. The van der Waals surface area contributed by atoms with Crippen LogP contribution in [0.4, 0.5) is 0 Å². The van der Waals surface area contributed by atoms with Crippen LogP contribution >= 0.6 is 0 Å². The fraction of sp³-hybridized carbons (Fsp3) is 0.500. The van der Waals surface area contributed by atoms with Crippen molar-refractivity contribution < 1.29 is 4.79 Å². The number of carbonyl (C=O) groups is 1. The largest absolute Gasteiger partial charge is 0.342 e. The molecule has 0 unspecified atom stereocenters. The third-order valence-corrected chi connectivity index (χ3v) is 3.23. The molecule has 0 N–H and O–H groups in total. The molecule has 0 radical (unpaired) electrons. The Balaban J connectivity index is 3.20. The normalized spacial score (nSPS) is 10.1. The van der Waals surface area contributed by atoms with Crippen molar-refractivity contribution in [1.29, 1.82) is 5.26 Å². The Morgan fingerprint density at radius 1 is 1.37 bits per heavy atom. The molecule has 19 heavy (non-hydrogen) atoms. The predicted octanol–water partition coefficient (Wildman–Crippen LogP) is 1.21. The highest BCUT2D eigenvalue weighted by molar-refractivity contribution is 5.76. The van der Waals surface area contributed by atoms with Gasteiger partial charge >= 0.3 is 0 Å². The number of aryl methyl sites for hydroxylation is 2. The Morgan fingerprint density at radius 3 is 2.42 bits per heavy atom. The first-order chi connectivity index (χ1) is 8.96. The molecule has 0 spiro atoms. The number of hydrogen-bond donors (Lipinski definition) is 0. The summed E-state index contributed by atoms with van der Waals surface area (Å²) in [5, 5.41) is 8.99. The molecule has 1 rings (SSSR count). The topological polar surface area (TPSA) is 66.1 Å². The van der Waals surface area contributed by atoms with Crippen LogP contribution in [0.15, 0.2) is 10.9 Å². The Labute approximate surface area is 113 Å². The molecule has 102 valence electrons. The maximum Gasteiger partial charge on any atom is 0.269 e. The van der Waals surface area contributed by atoms with Crippen molar-refractivity contribution in [2.45, 2.75) is 34.2 Å². The smallest absolute Gasteiger partial charge is 0.269 e. The van der Waals surface area contributed by atoms with Gasteiger partial charge in [-0.3, -0.25) is 9.59 Å². The third-order valence-electron chi connectivity index (χ3n) is 3.23. The van der Waals surface area contributed by atoms with Crippen molar-refractivity contribution in [3.8, 4) is 6.07 Å². The van der Waals surface area contributed by atoms with Gasteiger partial charge in [0.1, 0.15) is 18.2 Å². The zero-order valence-corrected chi connectivity index (χ0v) is 11.9. The van der Waals surface area contributed by atoms with Crippen LogP contribution in [-0.2, 0) is 11.3 Å². The molecule has 1 aromatic heterocycles. The molecule has 0 aliphatic heterocycles. The number of aromatic nitrogens is 1. The van der Waals surface area contributed by atoms with Gasteiger partial charge in [-0.1, -0.05) is 0 Å². The predicted molar refractivity (Wildman–Crippen MR) is 72.8 cm³/mol. The highest BCUT2D eigenvalue weighted by atomic mass is 16.2. The van der Waals surface area contributed by atoms with Crippen LogP contribution in [-0.4, -0.2) is 28.5 Å². The first-order valence-corrected chi connectivity index (χ1v) is 6.35. The molecule has 0 atom stereocenters. The van der Waals surface area contributed by atoms with E-state index in [1.807, 2.05) is 19.9 Å². The van der Waals surface area contributed by atoms with Crippen molar-refractivity contribution in [3.63, 3.8) is 0 Å². The zero-order chi connectivity index (χ0) is 14.6. The third kappa shape index (κ3) is 3.02. The van der Waals surface area contributed by atoms with E-state index < -0.39 is 0 Å². The lowest BCUT2D eigenvalue weighted by Crippen LogP contribution is -2.37. The van der Waals surface area contributed by atoms with Gasteiger partial charge in [-0.25, -0.2) is 0 Å². The maximum atomic E-state index is 12.1. The standard InChI is InChI=1S/C14H19N3O2/c1-5-16(6-2)13(18)9-17-11(4)7-10(3)12(8-15)14(17)19/h7H,5-6,9H2,1-4H3. The molecule has 5 heteroatoms. The van der Waals surface area contributed by atoms with Gasteiger partial charge in [0.05, 0.1) is 0 Å². The van der Waals surface area contributed by atoms with Crippen molar-refractivity contribution in [3.05, 3.63) is 33.2 Å². The Bertz CT molecular complexity index is 578. The summed E-state index contributed by atoms with van der Waals surface area (Å²) in [6, 6.07) is 3.66. The molecule has 0 aromatic carbocycles. The summed E-state index contributed by atoms with van der Waals surface area (Å²) in [5.41, 5.74) is 1.07. The minimum absolute atomic E-state index is 0.0126. The molecule has 1 amide bonds. The van der Waals surface area contributed by atoms with E-state index in [9.17, 15) is 9.59 Å². The number of hydrogen-bond acceptors (Lipinski definition) is 3. The highest BCUT2D eigenvalue weighted by Crippen LogP contribution is 2.06. The average Bonchev–Trinajstić information content (AvgIpc) is 2.36. The number of nitrogens with zero attached hydrogens (tertiary/aromatic N) is 3. The SMILES string of the molecule is CCN(CC)C(=O)Cn1c(C)cc(C)c(C#N)c1=O. The van der Waals surface area contributed by atoms with Crippen LogP contribution in [0, 0.1) is 25.2 Å². The van der Waals surface area contributed by atoms with E-state index >= 15 is 0 Å². The summed E-state index contributed by atoms with van der Waals surface area (Å²) < 4.78 is 1.37. The minimum Gasteiger partial charge on any atom is -0.342 e. The highest BCUT2D eigenvalue weighted by Gasteiger charge is 2.15. The second-order valence-corrected chi connectivity index (χ2v) is 4.41. The van der Waals surface area contributed by atoms with Crippen molar-refractivity contribution in [2.24, 2.45) is 0 Å². The fourth-order valence-corrected chi connectivity index (χ4v) is 2.07. The number of nitriles is 1. The lowest BCUT2D eigenvalue weighted by atomic mass is 10.1. The van der Waals surface area contributed by atoms with Gasteiger partial charge in [-0.15, -0.1) is 0 Å². The molecule has 5 nitrogen and oxygen atoms in total. The van der Waals surface area contributed by atoms with Crippen LogP contribution < -0.4 is 5.56 Å². The van der Waals surface area contributed by atoms with E-state index in [1.54, 1.807) is 24.8 Å². The Kier molecular flexibility index (Phi) is 4.87. The number of rotatable bonds is 4. The van der Waals surface area contributed by atoms with Crippen LogP contribution in [0.3, 0.4) is 0 Å². The molecule has 0 aliphatic rings. The molecule has 1 aromatic rings. The van der Waals surface area contributed by atoms with Crippen LogP contribution in [0.5, 0.6) is 0 Å². The molecule has 0 aliphatic carbocycles. The first-order valence-electron chi connectivity index (χ1n) is 6.35. The summed E-state index contributed by atoms with van der Waals surface area (Å²) >= 11 is 0. The summed E-state index contributed by atoms with van der Waals surface area (Å²) in [5.74, 6) is -0.108. The second-order valence-electron chi connectivity index (χ2n) is 4.41. The lowest BCUT2D eigenvalue weighted by molar-refractivity contribution is -0.131. The van der Waals surface area contributed by atoms with E-state index in [1.165, 1.54) is 4.57 Å². The molecule has 0 saturated heterocycles. The molecule has 1 heterocycles. The number of amides is 1. The van der Waals surface area contributed by atoms with Crippen molar-refractivity contribution in [1.82, 2.24) is 9.47 Å². The molecular formula is C14H19N3O2.